The summed E-state index contributed by atoms with van der Waals surface area (Å²) in [5, 5.41) is 0. The average molecular weight is 594 g/mol. The van der Waals surface area contributed by atoms with Crippen molar-refractivity contribution in [2.45, 2.75) is 78.0 Å². The summed E-state index contributed by atoms with van der Waals surface area (Å²) in [7, 11) is 1.14. The highest BCUT2D eigenvalue weighted by atomic mass is 16.6. The first-order valence-corrected chi connectivity index (χ1v) is 14.8. The summed E-state index contributed by atoms with van der Waals surface area (Å²) in [5.74, 6) is -4.14. The van der Waals surface area contributed by atoms with Gasteiger partial charge in [0.15, 0.2) is 5.78 Å². The van der Waals surface area contributed by atoms with Gasteiger partial charge in [0.1, 0.15) is 12.4 Å². The van der Waals surface area contributed by atoms with Crippen LogP contribution in [-0.2, 0) is 43.9 Å². The first-order chi connectivity index (χ1) is 20.3. The molecule has 0 saturated heterocycles. The van der Waals surface area contributed by atoms with Crippen molar-refractivity contribution in [1.82, 2.24) is 0 Å². The van der Waals surface area contributed by atoms with Gasteiger partial charge >= 0.3 is 17.9 Å². The third-order valence-electron chi connectivity index (χ3n) is 8.72. The van der Waals surface area contributed by atoms with E-state index in [1.807, 2.05) is 13.0 Å². The zero-order valence-electron chi connectivity index (χ0n) is 25.7. The molecule has 0 bridgehead atoms. The second-order valence-electron chi connectivity index (χ2n) is 11.9. The number of allylic oxidation sites excluding steroid dienone is 3. The number of benzene rings is 1. The van der Waals surface area contributed by atoms with Gasteiger partial charge in [0.05, 0.1) is 18.9 Å². The van der Waals surface area contributed by atoms with Crippen molar-refractivity contribution in [2.75, 3.05) is 7.11 Å². The standard InChI is InChI=1S/C34H43NO8/c1-7-8-12-21(2)17-22(3)30(38)42-29-16-15-26(33(5)19-25(23(4)20-36)28(37)18-27(29)33)31(39)43-34(35,32(40)41-6)24-13-10-9-11-14-24/h9-11,13-14,17-18,20-21,25-26,29H,4,7-8,12,15-16,19,35H2,1-3,5-6H3/b22-17+/t21?,25-,26+,29+,33+,34-/m1/s1. The smallest absolute Gasteiger partial charge is 0.371 e. The first kappa shape index (κ1) is 33.6. The van der Waals surface area contributed by atoms with E-state index in [1.54, 1.807) is 44.2 Å². The van der Waals surface area contributed by atoms with Crippen LogP contribution in [0.25, 0.3) is 0 Å². The lowest BCUT2D eigenvalue weighted by atomic mass is 9.56. The van der Waals surface area contributed by atoms with Crippen LogP contribution in [-0.4, -0.2) is 43.2 Å². The number of esters is 3. The first-order valence-electron chi connectivity index (χ1n) is 14.8. The van der Waals surface area contributed by atoms with Gasteiger partial charge in [-0.1, -0.05) is 76.6 Å². The van der Waals surface area contributed by atoms with Crippen molar-refractivity contribution in [3.05, 3.63) is 71.3 Å². The van der Waals surface area contributed by atoms with E-state index in [0.29, 0.717) is 17.4 Å². The Kier molecular flexibility index (Phi) is 11.0. The highest BCUT2D eigenvalue weighted by Gasteiger charge is 2.55. The lowest BCUT2D eigenvalue weighted by Crippen LogP contribution is -2.54. The summed E-state index contributed by atoms with van der Waals surface area (Å²) in [5.41, 5.74) is 4.32. The molecule has 1 aromatic rings. The molecule has 0 aliphatic heterocycles. The van der Waals surface area contributed by atoms with Crippen molar-refractivity contribution in [3.63, 3.8) is 0 Å². The summed E-state index contributed by atoms with van der Waals surface area (Å²) in [4.78, 5) is 64.7. The number of rotatable bonds is 12. The van der Waals surface area contributed by atoms with Gasteiger partial charge in [-0.15, -0.1) is 0 Å². The average Bonchev–Trinajstić information content (AvgIpc) is 2.99. The monoisotopic (exact) mass is 593 g/mol. The quantitative estimate of drug-likeness (QED) is 0.118. The predicted octanol–water partition coefficient (Wildman–Crippen LogP) is 4.89. The van der Waals surface area contributed by atoms with E-state index in [2.05, 4.69) is 13.5 Å². The Hall–Kier alpha value is -3.85. The van der Waals surface area contributed by atoms with Gasteiger partial charge in [-0.25, -0.2) is 9.59 Å². The summed E-state index contributed by atoms with van der Waals surface area (Å²) in [6.07, 6.45) is 6.58. The number of aldehydes is 1. The molecule has 2 aliphatic rings. The number of hydrogen-bond acceptors (Lipinski definition) is 9. The Labute approximate surface area is 253 Å². The molecule has 43 heavy (non-hydrogen) atoms. The van der Waals surface area contributed by atoms with E-state index in [9.17, 15) is 24.0 Å². The maximum Gasteiger partial charge on any atom is 0.371 e. The minimum atomic E-state index is -2.22. The fourth-order valence-electron chi connectivity index (χ4n) is 6.17. The van der Waals surface area contributed by atoms with Crippen molar-refractivity contribution in [1.29, 1.82) is 0 Å². The topological polar surface area (TPSA) is 139 Å². The van der Waals surface area contributed by atoms with Gasteiger partial charge in [-0.3, -0.25) is 20.1 Å². The molecule has 0 amide bonds. The van der Waals surface area contributed by atoms with E-state index < -0.39 is 47.0 Å². The van der Waals surface area contributed by atoms with Gasteiger partial charge in [0.25, 0.3) is 5.72 Å². The van der Waals surface area contributed by atoms with Crippen LogP contribution in [0.3, 0.4) is 0 Å². The van der Waals surface area contributed by atoms with Crippen molar-refractivity contribution < 1.29 is 38.2 Å². The number of ketones is 1. The SMILES string of the molecule is C=C(C=O)[C@H]1C[C@]2(C)C(=CC1=O)[C@@H](OC(=O)/C(C)=C/C(C)CCCC)CC[C@H]2C(=O)O[C@@](N)(C(=O)OC)c1ccccc1. The molecule has 1 unspecified atom stereocenters. The largest absolute Gasteiger partial charge is 0.465 e. The van der Waals surface area contributed by atoms with Crippen molar-refractivity contribution in [2.24, 2.45) is 28.9 Å². The molecular weight excluding hydrogens is 550 g/mol. The summed E-state index contributed by atoms with van der Waals surface area (Å²) in [6, 6.07) is 8.13. The van der Waals surface area contributed by atoms with E-state index in [1.165, 1.54) is 6.08 Å². The van der Waals surface area contributed by atoms with Crippen LogP contribution in [0.15, 0.2) is 65.8 Å². The van der Waals surface area contributed by atoms with E-state index in [4.69, 9.17) is 19.9 Å². The van der Waals surface area contributed by atoms with E-state index >= 15 is 0 Å². The van der Waals surface area contributed by atoms with Gasteiger partial charge in [-0.05, 0) is 55.7 Å². The van der Waals surface area contributed by atoms with Gasteiger partial charge < -0.3 is 14.2 Å². The lowest BCUT2D eigenvalue weighted by Gasteiger charge is -2.49. The number of ether oxygens (including phenoxy) is 3. The highest BCUT2D eigenvalue weighted by molar-refractivity contribution is 6.00. The Balaban J connectivity index is 1.97. The molecule has 9 nitrogen and oxygen atoms in total. The van der Waals surface area contributed by atoms with Crippen molar-refractivity contribution >= 4 is 30.0 Å². The Bertz CT molecular complexity index is 1310. The molecule has 3 rings (SSSR count). The number of methoxy groups -OCH3 is 1. The molecular formula is C34H43NO8. The molecule has 1 saturated carbocycles. The summed E-state index contributed by atoms with van der Waals surface area (Å²) < 4.78 is 16.6. The number of carbonyl (C=O) groups excluding carboxylic acids is 5. The van der Waals surface area contributed by atoms with Crippen LogP contribution in [0.5, 0.6) is 0 Å². The van der Waals surface area contributed by atoms with Gasteiger partial charge in [-0.2, -0.15) is 0 Å². The number of carbonyl (C=O) groups is 5. The van der Waals surface area contributed by atoms with Crippen LogP contribution >= 0.6 is 0 Å². The Morgan fingerprint density at radius 2 is 1.88 bits per heavy atom. The van der Waals surface area contributed by atoms with E-state index in [-0.39, 0.29) is 42.1 Å². The Morgan fingerprint density at radius 3 is 2.49 bits per heavy atom. The van der Waals surface area contributed by atoms with Crippen molar-refractivity contribution in [3.8, 4) is 0 Å². The van der Waals surface area contributed by atoms with Crippen LogP contribution in [0.4, 0.5) is 0 Å². The molecule has 232 valence electrons. The van der Waals surface area contributed by atoms with Crippen LogP contribution < -0.4 is 5.73 Å². The predicted molar refractivity (Wildman–Crippen MR) is 160 cm³/mol. The Morgan fingerprint density at radius 1 is 1.21 bits per heavy atom. The maximum absolute atomic E-state index is 13.9. The van der Waals surface area contributed by atoms with Crippen LogP contribution in [0.1, 0.15) is 71.8 Å². The number of unbranched alkanes of at least 4 members (excludes halogenated alkanes) is 1. The third kappa shape index (κ3) is 7.21. The third-order valence-corrected chi connectivity index (χ3v) is 8.72. The number of fused-ring (bicyclic) bond motifs is 1. The maximum atomic E-state index is 13.9. The fraction of sp³-hybridized carbons (Fsp3) is 0.500. The summed E-state index contributed by atoms with van der Waals surface area (Å²) in [6.45, 7) is 11.4. The normalized spacial score (nSPS) is 25.7. The minimum Gasteiger partial charge on any atom is -0.465 e. The van der Waals surface area contributed by atoms with Crippen LogP contribution in [0.2, 0.25) is 0 Å². The molecule has 0 heterocycles. The number of hydrogen-bond donors (Lipinski definition) is 1. The molecule has 1 aromatic carbocycles. The van der Waals surface area contributed by atoms with Crippen LogP contribution in [0, 0.1) is 23.2 Å². The molecule has 0 spiro atoms. The lowest BCUT2D eigenvalue weighted by molar-refractivity contribution is -0.189. The molecule has 9 heteroatoms. The fourth-order valence-corrected chi connectivity index (χ4v) is 6.17. The summed E-state index contributed by atoms with van der Waals surface area (Å²) >= 11 is 0. The molecule has 0 radical (unpaired) electrons. The van der Waals surface area contributed by atoms with Gasteiger partial charge in [0.2, 0.25) is 0 Å². The molecule has 1 fully saturated rings. The highest BCUT2D eigenvalue weighted by Crippen LogP contribution is 2.54. The molecule has 0 aromatic heterocycles. The second kappa shape index (κ2) is 14.1. The van der Waals surface area contributed by atoms with E-state index in [0.717, 1.165) is 26.4 Å². The van der Waals surface area contributed by atoms with Gasteiger partial charge in [0, 0.05) is 16.6 Å². The zero-order chi connectivity index (χ0) is 31.9. The number of nitrogens with two attached hydrogens (primary N) is 1. The minimum absolute atomic E-state index is 0.0626. The molecule has 2 N–H and O–H groups in total. The zero-order valence-corrected chi connectivity index (χ0v) is 25.7. The molecule has 6 atom stereocenters. The molecule has 2 aliphatic carbocycles. The second-order valence-corrected chi connectivity index (χ2v) is 11.9.